The van der Waals surface area contributed by atoms with Crippen LogP contribution in [0.3, 0.4) is 0 Å². The van der Waals surface area contributed by atoms with Gasteiger partial charge in [0.2, 0.25) is 11.8 Å². The minimum atomic E-state index is -0.259. The summed E-state index contributed by atoms with van der Waals surface area (Å²) < 4.78 is 0. The van der Waals surface area contributed by atoms with Crippen molar-refractivity contribution in [1.29, 1.82) is 0 Å². The highest BCUT2D eigenvalue weighted by molar-refractivity contribution is 5.89. The summed E-state index contributed by atoms with van der Waals surface area (Å²) in [7, 11) is 1.79. The average molecular weight is 337 g/mol. The van der Waals surface area contributed by atoms with Crippen LogP contribution in [0.5, 0.6) is 0 Å². The van der Waals surface area contributed by atoms with Gasteiger partial charge in [-0.3, -0.25) is 14.6 Å². The first-order chi connectivity index (χ1) is 12.0. The van der Waals surface area contributed by atoms with Crippen LogP contribution in [0.15, 0.2) is 48.8 Å². The molecule has 2 heterocycles. The third-order valence-corrected chi connectivity index (χ3v) is 4.60. The molecule has 1 aromatic heterocycles. The lowest BCUT2D eigenvalue weighted by Crippen LogP contribution is -2.34. The molecule has 0 saturated carbocycles. The lowest BCUT2D eigenvalue weighted by Gasteiger charge is -2.21. The molecule has 2 aromatic rings. The first-order valence-electron chi connectivity index (χ1n) is 8.50. The van der Waals surface area contributed by atoms with E-state index in [1.54, 1.807) is 29.2 Å². The van der Waals surface area contributed by atoms with E-state index in [0.29, 0.717) is 26.1 Å². The average Bonchev–Trinajstić information content (AvgIpc) is 2.98. The number of carbonyl (C=O) groups is 2. The molecule has 0 aliphatic carbocycles. The Balaban J connectivity index is 1.59. The Kier molecular flexibility index (Phi) is 5.12. The third-order valence-electron chi connectivity index (χ3n) is 4.60. The van der Waals surface area contributed by atoms with Crippen molar-refractivity contribution in [2.75, 3.05) is 13.6 Å². The predicted molar refractivity (Wildman–Crippen MR) is 95.4 cm³/mol. The molecule has 5 nitrogen and oxygen atoms in total. The molecule has 25 heavy (non-hydrogen) atoms. The van der Waals surface area contributed by atoms with Crippen LogP contribution in [0, 0.1) is 12.8 Å². The van der Waals surface area contributed by atoms with E-state index in [2.05, 4.69) is 4.98 Å². The number of benzene rings is 1. The number of hydrogen-bond acceptors (Lipinski definition) is 3. The number of aromatic nitrogens is 1. The first-order valence-corrected chi connectivity index (χ1v) is 8.50. The van der Waals surface area contributed by atoms with Crippen molar-refractivity contribution in [2.45, 2.75) is 26.4 Å². The standard InChI is InChI=1S/C20H23N3O2/c1-15-3-5-16(6-4-15)13-23-14-18(11-19(23)24)20(25)22(2)12-17-7-9-21-10-8-17/h3-10,18H,11-14H2,1-2H3/t18-/m1/s1. The summed E-state index contributed by atoms with van der Waals surface area (Å²) >= 11 is 0. The second-order valence-corrected chi connectivity index (χ2v) is 6.71. The van der Waals surface area contributed by atoms with Crippen molar-refractivity contribution in [3.05, 3.63) is 65.5 Å². The summed E-state index contributed by atoms with van der Waals surface area (Å²) in [5, 5.41) is 0. The van der Waals surface area contributed by atoms with Gasteiger partial charge in [-0.15, -0.1) is 0 Å². The van der Waals surface area contributed by atoms with Crippen LogP contribution in [0.2, 0.25) is 0 Å². The molecule has 1 aromatic carbocycles. The maximum absolute atomic E-state index is 12.7. The largest absolute Gasteiger partial charge is 0.341 e. The number of nitrogens with zero attached hydrogens (tertiary/aromatic N) is 3. The second kappa shape index (κ2) is 7.47. The lowest BCUT2D eigenvalue weighted by atomic mass is 10.1. The minimum absolute atomic E-state index is 0.0246. The van der Waals surface area contributed by atoms with Crippen LogP contribution in [-0.4, -0.2) is 40.2 Å². The van der Waals surface area contributed by atoms with Crippen molar-refractivity contribution in [2.24, 2.45) is 5.92 Å². The molecule has 5 heteroatoms. The highest BCUT2D eigenvalue weighted by Crippen LogP contribution is 2.22. The molecule has 1 atom stereocenters. The maximum Gasteiger partial charge on any atom is 0.228 e. The molecule has 0 N–H and O–H groups in total. The van der Waals surface area contributed by atoms with Crippen LogP contribution >= 0.6 is 0 Å². The van der Waals surface area contributed by atoms with E-state index in [4.69, 9.17) is 0 Å². The molecule has 2 amide bonds. The van der Waals surface area contributed by atoms with Gasteiger partial charge >= 0.3 is 0 Å². The normalized spacial score (nSPS) is 17.0. The summed E-state index contributed by atoms with van der Waals surface area (Å²) in [6.07, 6.45) is 3.73. The molecule has 1 saturated heterocycles. The van der Waals surface area contributed by atoms with E-state index < -0.39 is 0 Å². The molecule has 3 rings (SSSR count). The van der Waals surface area contributed by atoms with Crippen LogP contribution in [0.1, 0.15) is 23.1 Å². The zero-order valence-corrected chi connectivity index (χ0v) is 14.7. The molecular weight excluding hydrogens is 314 g/mol. The number of pyridine rings is 1. The fourth-order valence-electron chi connectivity index (χ4n) is 3.16. The lowest BCUT2D eigenvalue weighted by molar-refractivity contribution is -0.135. The van der Waals surface area contributed by atoms with Gasteiger partial charge in [-0.1, -0.05) is 29.8 Å². The summed E-state index contributed by atoms with van der Waals surface area (Å²) in [6, 6.07) is 11.9. The molecule has 1 aliphatic heterocycles. The van der Waals surface area contributed by atoms with Gasteiger partial charge < -0.3 is 9.80 Å². The molecule has 1 fully saturated rings. The van der Waals surface area contributed by atoms with Crippen molar-refractivity contribution in [3.8, 4) is 0 Å². The van der Waals surface area contributed by atoms with E-state index in [1.807, 2.05) is 43.3 Å². The zero-order valence-electron chi connectivity index (χ0n) is 14.7. The molecule has 0 bridgehead atoms. The van der Waals surface area contributed by atoms with Gasteiger partial charge in [0.1, 0.15) is 0 Å². The summed E-state index contributed by atoms with van der Waals surface area (Å²) in [5.41, 5.74) is 3.33. The Bertz CT molecular complexity index is 743. The predicted octanol–water partition coefficient (Wildman–Crippen LogP) is 2.40. The fourth-order valence-corrected chi connectivity index (χ4v) is 3.16. The zero-order chi connectivity index (χ0) is 17.8. The van der Waals surface area contributed by atoms with Crippen molar-refractivity contribution < 1.29 is 9.59 Å². The van der Waals surface area contributed by atoms with Gasteiger partial charge in [-0.2, -0.15) is 0 Å². The van der Waals surface area contributed by atoms with Gasteiger partial charge in [0.15, 0.2) is 0 Å². The SMILES string of the molecule is Cc1ccc(CN2C[C@H](C(=O)N(C)Cc3ccncc3)CC2=O)cc1. The number of likely N-dealkylation sites (tertiary alicyclic amines) is 1. The van der Waals surface area contributed by atoms with Gasteiger partial charge in [-0.25, -0.2) is 0 Å². The van der Waals surface area contributed by atoms with E-state index in [0.717, 1.165) is 11.1 Å². The molecular formula is C20H23N3O2. The van der Waals surface area contributed by atoms with Crippen LogP contribution in [-0.2, 0) is 22.7 Å². The smallest absolute Gasteiger partial charge is 0.228 e. The van der Waals surface area contributed by atoms with Gasteiger partial charge in [0, 0.05) is 45.5 Å². The summed E-state index contributed by atoms with van der Waals surface area (Å²) in [4.78, 5) is 32.4. The summed E-state index contributed by atoms with van der Waals surface area (Å²) in [5.74, 6) is -0.183. The van der Waals surface area contributed by atoms with E-state index >= 15 is 0 Å². The molecule has 1 aliphatic rings. The topological polar surface area (TPSA) is 53.5 Å². The Hall–Kier alpha value is -2.69. The number of carbonyl (C=O) groups excluding carboxylic acids is 2. The van der Waals surface area contributed by atoms with E-state index in [9.17, 15) is 9.59 Å². The highest BCUT2D eigenvalue weighted by Gasteiger charge is 2.35. The highest BCUT2D eigenvalue weighted by atomic mass is 16.2. The van der Waals surface area contributed by atoms with Crippen molar-refractivity contribution in [1.82, 2.24) is 14.8 Å². The van der Waals surface area contributed by atoms with E-state index in [-0.39, 0.29) is 17.7 Å². The summed E-state index contributed by atoms with van der Waals surface area (Å²) in [6.45, 7) is 3.63. The van der Waals surface area contributed by atoms with E-state index in [1.165, 1.54) is 5.56 Å². The number of rotatable bonds is 5. The number of amides is 2. The molecule has 130 valence electrons. The Labute approximate surface area is 148 Å². The Morgan fingerprint density at radius 1 is 1.16 bits per heavy atom. The van der Waals surface area contributed by atoms with Crippen LogP contribution < -0.4 is 0 Å². The van der Waals surface area contributed by atoms with Gasteiger partial charge in [0.25, 0.3) is 0 Å². The van der Waals surface area contributed by atoms with Crippen LogP contribution in [0.4, 0.5) is 0 Å². The monoisotopic (exact) mass is 337 g/mol. The first kappa shape index (κ1) is 17.1. The minimum Gasteiger partial charge on any atom is -0.341 e. The Morgan fingerprint density at radius 3 is 2.52 bits per heavy atom. The quantitative estimate of drug-likeness (QED) is 0.842. The number of hydrogen-bond donors (Lipinski definition) is 0. The van der Waals surface area contributed by atoms with Gasteiger partial charge in [0.05, 0.1) is 5.92 Å². The second-order valence-electron chi connectivity index (χ2n) is 6.71. The third kappa shape index (κ3) is 4.24. The Morgan fingerprint density at radius 2 is 1.84 bits per heavy atom. The van der Waals surface area contributed by atoms with Crippen LogP contribution in [0.25, 0.3) is 0 Å². The molecule has 0 unspecified atom stereocenters. The van der Waals surface area contributed by atoms with Gasteiger partial charge in [-0.05, 0) is 30.2 Å². The molecule has 0 radical (unpaired) electrons. The number of aryl methyl sites for hydroxylation is 1. The maximum atomic E-state index is 12.7. The van der Waals surface area contributed by atoms with Crippen molar-refractivity contribution in [3.63, 3.8) is 0 Å². The van der Waals surface area contributed by atoms with Crippen molar-refractivity contribution >= 4 is 11.8 Å². The molecule has 0 spiro atoms. The fraction of sp³-hybridized carbons (Fsp3) is 0.350.